The third kappa shape index (κ3) is 3.25. The van der Waals surface area contributed by atoms with Gasteiger partial charge in [-0.05, 0) is 26.3 Å². The molecule has 0 bridgehead atoms. The minimum atomic E-state index is -0.615. The van der Waals surface area contributed by atoms with Gasteiger partial charge in [-0.1, -0.05) is 6.92 Å². The Morgan fingerprint density at radius 2 is 2.38 bits per heavy atom. The Labute approximate surface area is 80.5 Å². The first kappa shape index (κ1) is 11.0. The molecule has 1 rings (SSSR count). The van der Waals surface area contributed by atoms with E-state index >= 15 is 0 Å². The Morgan fingerprint density at radius 1 is 1.62 bits per heavy atom. The van der Waals surface area contributed by atoms with Crippen molar-refractivity contribution in [3.05, 3.63) is 0 Å². The highest BCUT2D eigenvalue weighted by molar-refractivity contribution is 4.85. The van der Waals surface area contributed by atoms with E-state index in [1.165, 1.54) is 0 Å². The number of rotatable bonds is 4. The summed E-state index contributed by atoms with van der Waals surface area (Å²) >= 11 is 0. The van der Waals surface area contributed by atoms with E-state index in [0.717, 1.165) is 26.0 Å². The van der Waals surface area contributed by atoms with Crippen molar-refractivity contribution < 1.29 is 9.84 Å². The fourth-order valence-electron chi connectivity index (χ4n) is 1.75. The van der Waals surface area contributed by atoms with Gasteiger partial charge in [0.05, 0.1) is 12.2 Å². The Morgan fingerprint density at radius 3 is 2.92 bits per heavy atom. The van der Waals surface area contributed by atoms with Crippen molar-refractivity contribution in [1.82, 2.24) is 5.32 Å². The van der Waals surface area contributed by atoms with E-state index in [-0.39, 0.29) is 0 Å². The summed E-state index contributed by atoms with van der Waals surface area (Å²) in [6.07, 6.45) is 2.16. The van der Waals surface area contributed by atoms with Gasteiger partial charge in [0, 0.05) is 19.1 Å². The van der Waals surface area contributed by atoms with Crippen LogP contribution in [0.1, 0.15) is 26.7 Å². The number of likely N-dealkylation sites (N-methyl/N-ethyl adjacent to an activating group) is 1. The van der Waals surface area contributed by atoms with Gasteiger partial charge in [0.15, 0.2) is 0 Å². The van der Waals surface area contributed by atoms with Crippen LogP contribution in [0.15, 0.2) is 0 Å². The number of aliphatic hydroxyl groups is 1. The topological polar surface area (TPSA) is 41.5 Å². The van der Waals surface area contributed by atoms with Crippen molar-refractivity contribution >= 4 is 0 Å². The molecular formula is C10H21NO2. The zero-order valence-electron chi connectivity index (χ0n) is 8.68. The predicted molar refractivity (Wildman–Crippen MR) is 52.7 cm³/mol. The molecule has 0 amide bonds. The molecule has 78 valence electrons. The Balaban J connectivity index is 2.36. The molecule has 0 aromatic carbocycles. The molecule has 13 heavy (non-hydrogen) atoms. The molecule has 0 spiro atoms. The van der Waals surface area contributed by atoms with Crippen LogP contribution in [0.25, 0.3) is 0 Å². The molecule has 1 aliphatic rings. The van der Waals surface area contributed by atoms with Crippen LogP contribution < -0.4 is 5.32 Å². The zero-order chi connectivity index (χ0) is 9.73. The molecule has 2 atom stereocenters. The van der Waals surface area contributed by atoms with E-state index in [9.17, 15) is 5.11 Å². The molecule has 2 N–H and O–H groups in total. The summed E-state index contributed by atoms with van der Waals surface area (Å²) in [7, 11) is 0. The quantitative estimate of drug-likeness (QED) is 0.683. The smallest absolute Gasteiger partial charge is 0.0793 e. The second kappa shape index (κ2) is 4.94. The molecule has 1 aliphatic heterocycles. The fraction of sp³-hybridized carbons (Fsp3) is 1.00. The number of nitrogens with one attached hydrogen (secondary N) is 1. The highest BCUT2D eigenvalue weighted by Crippen LogP contribution is 2.25. The van der Waals surface area contributed by atoms with Gasteiger partial charge in [0.2, 0.25) is 0 Å². The van der Waals surface area contributed by atoms with Gasteiger partial charge in [-0.25, -0.2) is 0 Å². The standard InChI is InChI=1S/C10H21NO2/c1-3-11-8-10(2,12)9-5-4-6-13-7-9/h9,11-12H,3-8H2,1-2H3. The van der Waals surface area contributed by atoms with E-state index in [0.29, 0.717) is 19.1 Å². The Hall–Kier alpha value is -0.120. The van der Waals surface area contributed by atoms with Crippen LogP contribution in [0.4, 0.5) is 0 Å². The average molecular weight is 187 g/mol. The van der Waals surface area contributed by atoms with E-state index in [2.05, 4.69) is 5.32 Å². The predicted octanol–water partition coefficient (Wildman–Crippen LogP) is 0.773. The van der Waals surface area contributed by atoms with Crippen LogP contribution in [0, 0.1) is 5.92 Å². The maximum absolute atomic E-state index is 10.1. The summed E-state index contributed by atoms with van der Waals surface area (Å²) < 4.78 is 5.36. The van der Waals surface area contributed by atoms with E-state index in [4.69, 9.17) is 4.74 Å². The van der Waals surface area contributed by atoms with Crippen molar-refractivity contribution in [3.8, 4) is 0 Å². The van der Waals surface area contributed by atoms with Crippen LogP contribution in [0.2, 0.25) is 0 Å². The summed E-state index contributed by atoms with van der Waals surface area (Å²) in [5.41, 5.74) is -0.615. The first-order valence-corrected chi connectivity index (χ1v) is 5.17. The van der Waals surface area contributed by atoms with Crippen molar-refractivity contribution in [2.24, 2.45) is 5.92 Å². The first-order valence-electron chi connectivity index (χ1n) is 5.17. The summed E-state index contributed by atoms with van der Waals surface area (Å²) in [6, 6.07) is 0. The number of hydrogen-bond acceptors (Lipinski definition) is 3. The molecule has 0 aromatic rings. The lowest BCUT2D eigenvalue weighted by atomic mass is 9.85. The van der Waals surface area contributed by atoms with Crippen molar-refractivity contribution in [3.63, 3.8) is 0 Å². The highest BCUT2D eigenvalue weighted by atomic mass is 16.5. The second-order valence-electron chi connectivity index (χ2n) is 4.05. The van der Waals surface area contributed by atoms with Crippen molar-refractivity contribution in [2.45, 2.75) is 32.3 Å². The Kier molecular flexibility index (Phi) is 4.16. The molecular weight excluding hydrogens is 166 g/mol. The summed E-state index contributed by atoms with van der Waals surface area (Å²) in [4.78, 5) is 0. The van der Waals surface area contributed by atoms with Gasteiger partial charge < -0.3 is 15.2 Å². The van der Waals surface area contributed by atoms with E-state index < -0.39 is 5.60 Å². The lowest BCUT2D eigenvalue weighted by molar-refractivity contribution is -0.0661. The largest absolute Gasteiger partial charge is 0.388 e. The van der Waals surface area contributed by atoms with Crippen LogP contribution in [0.5, 0.6) is 0 Å². The molecule has 2 unspecified atom stereocenters. The number of ether oxygens (including phenoxy) is 1. The van der Waals surface area contributed by atoms with Crippen LogP contribution >= 0.6 is 0 Å². The van der Waals surface area contributed by atoms with Crippen LogP contribution in [-0.2, 0) is 4.74 Å². The van der Waals surface area contributed by atoms with Gasteiger partial charge >= 0.3 is 0 Å². The molecule has 3 nitrogen and oxygen atoms in total. The first-order chi connectivity index (χ1) is 6.17. The molecule has 1 heterocycles. The minimum absolute atomic E-state index is 0.292. The molecule has 1 saturated heterocycles. The lowest BCUT2D eigenvalue weighted by Gasteiger charge is -2.35. The minimum Gasteiger partial charge on any atom is -0.388 e. The Bertz CT molecular complexity index is 142. The summed E-state index contributed by atoms with van der Waals surface area (Å²) in [5, 5.41) is 13.3. The second-order valence-corrected chi connectivity index (χ2v) is 4.05. The van der Waals surface area contributed by atoms with Crippen molar-refractivity contribution in [1.29, 1.82) is 0 Å². The van der Waals surface area contributed by atoms with Gasteiger partial charge in [0.1, 0.15) is 0 Å². The van der Waals surface area contributed by atoms with E-state index in [1.54, 1.807) is 0 Å². The monoisotopic (exact) mass is 187 g/mol. The lowest BCUT2D eigenvalue weighted by Crippen LogP contribution is -2.47. The zero-order valence-corrected chi connectivity index (χ0v) is 8.68. The van der Waals surface area contributed by atoms with Gasteiger partial charge in [-0.3, -0.25) is 0 Å². The SMILES string of the molecule is CCNCC(C)(O)C1CCCOC1. The summed E-state index contributed by atoms with van der Waals surface area (Å²) in [6.45, 7) is 7.08. The van der Waals surface area contributed by atoms with Gasteiger partial charge in [-0.15, -0.1) is 0 Å². The maximum Gasteiger partial charge on any atom is 0.0793 e. The van der Waals surface area contributed by atoms with Gasteiger partial charge in [0.25, 0.3) is 0 Å². The molecule has 0 saturated carbocycles. The highest BCUT2D eigenvalue weighted by Gasteiger charge is 2.32. The molecule has 0 aliphatic carbocycles. The third-order valence-corrected chi connectivity index (χ3v) is 2.77. The molecule has 3 heteroatoms. The van der Waals surface area contributed by atoms with Crippen molar-refractivity contribution in [2.75, 3.05) is 26.3 Å². The van der Waals surface area contributed by atoms with Crippen LogP contribution in [-0.4, -0.2) is 37.0 Å². The van der Waals surface area contributed by atoms with Crippen LogP contribution in [0.3, 0.4) is 0 Å². The number of hydrogen-bond donors (Lipinski definition) is 2. The average Bonchev–Trinajstić information content (AvgIpc) is 2.16. The summed E-state index contributed by atoms with van der Waals surface area (Å²) in [5.74, 6) is 0.292. The maximum atomic E-state index is 10.1. The normalized spacial score (nSPS) is 28.4. The third-order valence-electron chi connectivity index (χ3n) is 2.77. The molecule has 1 fully saturated rings. The van der Waals surface area contributed by atoms with Gasteiger partial charge in [-0.2, -0.15) is 0 Å². The fourth-order valence-corrected chi connectivity index (χ4v) is 1.75. The molecule has 0 aromatic heterocycles. The van der Waals surface area contributed by atoms with E-state index in [1.807, 2.05) is 13.8 Å². The molecule has 0 radical (unpaired) electrons.